The van der Waals surface area contributed by atoms with E-state index in [-0.39, 0.29) is 6.10 Å². The second-order valence-corrected chi connectivity index (χ2v) is 4.04. The minimum absolute atomic E-state index is 0.301. The molecule has 80 valence electrons. The Hall–Kier alpha value is -0.830. The van der Waals surface area contributed by atoms with Gasteiger partial charge in [0.2, 0.25) is 0 Å². The Morgan fingerprint density at radius 3 is 2.64 bits per heavy atom. The molecule has 0 radical (unpaired) electrons. The molecule has 0 aliphatic heterocycles. The molecule has 14 heavy (non-hydrogen) atoms. The number of hydrogen-bond acceptors (Lipinski definition) is 2. The van der Waals surface area contributed by atoms with E-state index in [2.05, 4.69) is 18.9 Å². The van der Waals surface area contributed by atoms with Crippen molar-refractivity contribution in [1.82, 2.24) is 9.78 Å². The van der Waals surface area contributed by atoms with Crippen LogP contribution in [0, 0.1) is 12.8 Å². The van der Waals surface area contributed by atoms with Gasteiger partial charge in [0.15, 0.2) is 0 Å². The smallest absolute Gasteiger partial charge is 0.0982 e. The Labute approximate surface area is 85.8 Å². The van der Waals surface area contributed by atoms with Gasteiger partial charge in [0, 0.05) is 7.05 Å². The maximum atomic E-state index is 10.1. The lowest BCUT2D eigenvalue weighted by Crippen LogP contribution is -2.13. The van der Waals surface area contributed by atoms with E-state index in [1.807, 2.05) is 20.0 Å². The van der Waals surface area contributed by atoms with E-state index >= 15 is 0 Å². The average molecular weight is 196 g/mol. The maximum Gasteiger partial charge on any atom is 0.0982 e. The summed E-state index contributed by atoms with van der Waals surface area (Å²) in [7, 11) is 1.88. The van der Waals surface area contributed by atoms with Crippen LogP contribution in [0.15, 0.2) is 6.07 Å². The van der Waals surface area contributed by atoms with Crippen molar-refractivity contribution in [2.45, 2.75) is 39.7 Å². The maximum absolute atomic E-state index is 10.1. The summed E-state index contributed by atoms with van der Waals surface area (Å²) in [4.78, 5) is 0. The molecule has 1 rings (SSSR count). The van der Waals surface area contributed by atoms with Gasteiger partial charge in [0.05, 0.1) is 17.5 Å². The van der Waals surface area contributed by atoms with Gasteiger partial charge < -0.3 is 5.11 Å². The Kier molecular flexibility index (Phi) is 3.69. The van der Waals surface area contributed by atoms with Crippen LogP contribution in [0.1, 0.15) is 44.2 Å². The third kappa shape index (κ3) is 2.35. The highest BCUT2D eigenvalue weighted by Crippen LogP contribution is 2.25. The summed E-state index contributed by atoms with van der Waals surface area (Å²) in [5.74, 6) is 0.301. The normalized spacial score (nSPS) is 15.5. The van der Waals surface area contributed by atoms with Crippen molar-refractivity contribution in [2.24, 2.45) is 13.0 Å². The molecule has 1 aromatic rings. The fourth-order valence-electron chi connectivity index (χ4n) is 1.81. The van der Waals surface area contributed by atoms with E-state index in [4.69, 9.17) is 0 Å². The summed E-state index contributed by atoms with van der Waals surface area (Å²) in [6, 6.07) is 1.96. The van der Waals surface area contributed by atoms with Gasteiger partial charge in [-0.2, -0.15) is 5.10 Å². The number of aliphatic hydroxyl groups is 1. The van der Waals surface area contributed by atoms with Crippen molar-refractivity contribution in [1.29, 1.82) is 0 Å². The zero-order chi connectivity index (χ0) is 10.7. The number of rotatable bonds is 4. The SMILES string of the molecule is CCCC(C)C(O)c1cc(C)nn1C. The van der Waals surface area contributed by atoms with Gasteiger partial charge >= 0.3 is 0 Å². The molecule has 0 aromatic carbocycles. The second kappa shape index (κ2) is 4.60. The first-order valence-electron chi connectivity index (χ1n) is 5.24. The molecular weight excluding hydrogens is 176 g/mol. The highest BCUT2D eigenvalue weighted by atomic mass is 16.3. The first-order chi connectivity index (χ1) is 6.56. The summed E-state index contributed by atoms with van der Waals surface area (Å²) < 4.78 is 1.77. The first-order valence-corrected chi connectivity index (χ1v) is 5.24. The summed E-state index contributed by atoms with van der Waals surface area (Å²) in [6.07, 6.45) is 1.77. The van der Waals surface area contributed by atoms with Gasteiger partial charge in [-0.1, -0.05) is 20.3 Å². The van der Waals surface area contributed by atoms with E-state index in [0.29, 0.717) is 5.92 Å². The van der Waals surface area contributed by atoms with Crippen molar-refractivity contribution in [2.75, 3.05) is 0 Å². The number of hydrogen-bond donors (Lipinski definition) is 1. The Morgan fingerprint density at radius 2 is 2.21 bits per heavy atom. The lowest BCUT2D eigenvalue weighted by Gasteiger charge is -2.18. The fraction of sp³-hybridized carbons (Fsp3) is 0.727. The fourth-order valence-corrected chi connectivity index (χ4v) is 1.81. The van der Waals surface area contributed by atoms with E-state index in [0.717, 1.165) is 24.2 Å². The van der Waals surface area contributed by atoms with Gasteiger partial charge in [-0.3, -0.25) is 4.68 Å². The summed E-state index contributed by atoms with van der Waals surface area (Å²) in [5.41, 5.74) is 1.88. The van der Waals surface area contributed by atoms with Gasteiger partial charge in [-0.25, -0.2) is 0 Å². The van der Waals surface area contributed by atoms with Crippen molar-refractivity contribution in [3.8, 4) is 0 Å². The lowest BCUT2D eigenvalue weighted by molar-refractivity contribution is 0.104. The predicted molar refractivity (Wildman–Crippen MR) is 57.0 cm³/mol. The summed E-state index contributed by atoms with van der Waals surface area (Å²) >= 11 is 0. The van der Waals surface area contributed by atoms with E-state index in [9.17, 15) is 5.11 Å². The topological polar surface area (TPSA) is 38.1 Å². The third-order valence-electron chi connectivity index (χ3n) is 2.62. The molecule has 0 aliphatic carbocycles. The van der Waals surface area contributed by atoms with Gasteiger partial charge in [0.1, 0.15) is 0 Å². The predicted octanol–water partition coefficient (Wildman–Crippen LogP) is 2.20. The van der Waals surface area contributed by atoms with E-state index < -0.39 is 0 Å². The molecule has 0 fully saturated rings. The largest absolute Gasteiger partial charge is 0.387 e. The van der Waals surface area contributed by atoms with Crippen LogP contribution < -0.4 is 0 Å². The minimum atomic E-state index is -0.388. The van der Waals surface area contributed by atoms with Crippen molar-refractivity contribution in [3.05, 3.63) is 17.5 Å². The van der Waals surface area contributed by atoms with Crippen molar-refractivity contribution < 1.29 is 5.11 Å². The molecule has 1 N–H and O–H groups in total. The minimum Gasteiger partial charge on any atom is -0.387 e. The molecule has 0 amide bonds. The van der Waals surface area contributed by atoms with Crippen LogP contribution >= 0.6 is 0 Å². The van der Waals surface area contributed by atoms with Crippen LogP contribution in [0.2, 0.25) is 0 Å². The molecule has 0 saturated carbocycles. The van der Waals surface area contributed by atoms with Crippen LogP contribution in [-0.2, 0) is 7.05 Å². The van der Waals surface area contributed by atoms with Crippen LogP contribution in [0.25, 0.3) is 0 Å². The first kappa shape index (κ1) is 11.2. The molecular formula is C11H20N2O. The zero-order valence-corrected chi connectivity index (χ0v) is 9.49. The van der Waals surface area contributed by atoms with Gasteiger partial charge in [0.25, 0.3) is 0 Å². The second-order valence-electron chi connectivity index (χ2n) is 4.04. The van der Waals surface area contributed by atoms with Crippen molar-refractivity contribution in [3.63, 3.8) is 0 Å². The molecule has 0 spiro atoms. The Balaban J connectivity index is 2.77. The molecule has 2 atom stereocenters. The quantitative estimate of drug-likeness (QED) is 0.801. The Bertz CT molecular complexity index is 293. The molecule has 3 nitrogen and oxygen atoms in total. The highest BCUT2D eigenvalue weighted by molar-refractivity contribution is 5.11. The molecule has 0 aliphatic rings. The number of aromatic nitrogens is 2. The average Bonchev–Trinajstić information content (AvgIpc) is 2.44. The molecule has 1 aromatic heterocycles. The molecule has 1 heterocycles. The molecule has 2 unspecified atom stereocenters. The van der Waals surface area contributed by atoms with Crippen LogP contribution in [0.4, 0.5) is 0 Å². The lowest BCUT2D eigenvalue weighted by atomic mass is 9.97. The van der Waals surface area contributed by atoms with E-state index in [1.54, 1.807) is 4.68 Å². The van der Waals surface area contributed by atoms with Gasteiger partial charge in [-0.05, 0) is 25.3 Å². The Morgan fingerprint density at radius 1 is 1.57 bits per heavy atom. The van der Waals surface area contributed by atoms with Crippen molar-refractivity contribution >= 4 is 0 Å². The van der Waals surface area contributed by atoms with Gasteiger partial charge in [-0.15, -0.1) is 0 Å². The van der Waals surface area contributed by atoms with E-state index in [1.165, 1.54) is 0 Å². The van der Waals surface area contributed by atoms with Crippen LogP contribution in [-0.4, -0.2) is 14.9 Å². The third-order valence-corrected chi connectivity index (χ3v) is 2.62. The van der Waals surface area contributed by atoms with Crippen LogP contribution in [0.5, 0.6) is 0 Å². The zero-order valence-electron chi connectivity index (χ0n) is 9.49. The monoisotopic (exact) mass is 196 g/mol. The highest BCUT2D eigenvalue weighted by Gasteiger charge is 2.19. The number of nitrogens with zero attached hydrogens (tertiary/aromatic N) is 2. The summed E-state index contributed by atoms with van der Waals surface area (Å²) in [5, 5.41) is 14.3. The van der Waals surface area contributed by atoms with Crippen LogP contribution in [0.3, 0.4) is 0 Å². The standard InChI is InChI=1S/C11H20N2O/c1-5-6-8(2)11(14)10-7-9(3)12-13(10)4/h7-8,11,14H,5-6H2,1-4H3. The number of aliphatic hydroxyl groups excluding tert-OH is 1. The molecule has 0 bridgehead atoms. The molecule has 0 saturated heterocycles. The molecule has 3 heteroatoms. The number of aryl methyl sites for hydroxylation is 2. The summed E-state index contributed by atoms with van der Waals surface area (Å²) in [6.45, 7) is 6.16.